The van der Waals surface area contributed by atoms with Crippen LogP contribution in [0.1, 0.15) is 30.3 Å². The highest BCUT2D eigenvalue weighted by molar-refractivity contribution is 5.92. The standard InChI is InChI=1S/C12H20N4O/c1-3-16(10-4-7-13-8-5-10)12(17)11-6-9-14-15(11)2/h6,9-10,13H,3-5,7-8H2,1-2H3. The summed E-state index contributed by atoms with van der Waals surface area (Å²) in [5, 5.41) is 7.38. The number of hydrogen-bond acceptors (Lipinski definition) is 3. The second kappa shape index (κ2) is 5.31. The maximum atomic E-state index is 12.4. The number of rotatable bonds is 3. The Labute approximate surface area is 102 Å². The molecule has 0 saturated carbocycles. The van der Waals surface area contributed by atoms with Gasteiger partial charge in [-0.1, -0.05) is 0 Å². The number of amides is 1. The quantitative estimate of drug-likeness (QED) is 0.837. The van der Waals surface area contributed by atoms with Crippen molar-refractivity contribution in [2.45, 2.75) is 25.8 Å². The van der Waals surface area contributed by atoms with E-state index in [4.69, 9.17) is 0 Å². The minimum Gasteiger partial charge on any atom is -0.335 e. The van der Waals surface area contributed by atoms with E-state index in [9.17, 15) is 4.79 Å². The van der Waals surface area contributed by atoms with Crippen molar-refractivity contribution >= 4 is 5.91 Å². The highest BCUT2D eigenvalue weighted by Crippen LogP contribution is 2.15. The van der Waals surface area contributed by atoms with Gasteiger partial charge in [-0.05, 0) is 38.9 Å². The molecule has 5 nitrogen and oxygen atoms in total. The zero-order chi connectivity index (χ0) is 12.3. The lowest BCUT2D eigenvalue weighted by atomic mass is 10.0. The number of carbonyl (C=O) groups excluding carboxylic acids is 1. The molecule has 1 aliphatic heterocycles. The number of nitrogens with zero attached hydrogens (tertiary/aromatic N) is 3. The van der Waals surface area contributed by atoms with Gasteiger partial charge < -0.3 is 10.2 Å². The molecule has 0 aliphatic carbocycles. The summed E-state index contributed by atoms with van der Waals surface area (Å²) in [5.41, 5.74) is 0.672. The highest BCUT2D eigenvalue weighted by atomic mass is 16.2. The molecular formula is C12H20N4O. The van der Waals surface area contributed by atoms with Gasteiger partial charge in [-0.25, -0.2) is 0 Å². The molecule has 1 N–H and O–H groups in total. The molecule has 1 aliphatic rings. The van der Waals surface area contributed by atoms with Gasteiger partial charge in [-0.3, -0.25) is 9.48 Å². The van der Waals surface area contributed by atoms with Crippen molar-refractivity contribution in [3.63, 3.8) is 0 Å². The fourth-order valence-electron chi connectivity index (χ4n) is 2.42. The second-order valence-electron chi connectivity index (χ2n) is 4.41. The molecule has 0 bridgehead atoms. The summed E-state index contributed by atoms with van der Waals surface area (Å²) in [6, 6.07) is 2.15. The lowest BCUT2D eigenvalue weighted by Gasteiger charge is -2.33. The van der Waals surface area contributed by atoms with E-state index < -0.39 is 0 Å². The van der Waals surface area contributed by atoms with Gasteiger partial charge in [-0.15, -0.1) is 0 Å². The third-order valence-electron chi connectivity index (χ3n) is 3.39. The van der Waals surface area contributed by atoms with Crippen LogP contribution < -0.4 is 5.32 Å². The van der Waals surface area contributed by atoms with Gasteiger partial charge in [0.15, 0.2) is 0 Å². The lowest BCUT2D eigenvalue weighted by molar-refractivity contribution is 0.0645. The van der Waals surface area contributed by atoms with Crippen LogP contribution in [0.15, 0.2) is 12.3 Å². The minimum atomic E-state index is 0.0967. The van der Waals surface area contributed by atoms with E-state index in [1.807, 2.05) is 18.9 Å². The van der Waals surface area contributed by atoms with Crippen LogP contribution in [-0.4, -0.2) is 46.3 Å². The van der Waals surface area contributed by atoms with E-state index in [0.717, 1.165) is 32.5 Å². The van der Waals surface area contributed by atoms with Crippen molar-refractivity contribution in [2.75, 3.05) is 19.6 Å². The number of piperidine rings is 1. The van der Waals surface area contributed by atoms with E-state index in [1.165, 1.54) is 0 Å². The number of carbonyl (C=O) groups is 1. The Morgan fingerprint density at radius 1 is 1.59 bits per heavy atom. The summed E-state index contributed by atoms with van der Waals surface area (Å²) >= 11 is 0. The Hall–Kier alpha value is -1.36. The molecule has 0 atom stereocenters. The van der Waals surface area contributed by atoms with E-state index in [2.05, 4.69) is 10.4 Å². The molecular weight excluding hydrogens is 216 g/mol. The van der Waals surface area contributed by atoms with E-state index in [1.54, 1.807) is 16.9 Å². The molecule has 2 rings (SSSR count). The van der Waals surface area contributed by atoms with Crippen LogP contribution in [-0.2, 0) is 7.05 Å². The fourth-order valence-corrected chi connectivity index (χ4v) is 2.42. The Kier molecular flexibility index (Phi) is 3.78. The van der Waals surface area contributed by atoms with Crippen LogP contribution in [0.25, 0.3) is 0 Å². The normalized spacial score (nSPS) is 17.1. The molecule has 5 heteroatoms. The van der Waals surface area contributed by atoms with Crippen molar-refractivity contribution in [3.05, 3.63) is 18.0 Å². The first kappa shape index (κ1) is 12.1. The molecule has 1 aromatic rings. The topological polar surface area (TPSA) is 50.2 Å². The Bertz CT molecular complexity index is 382. The molecule has 0 aromatic carbocycles. The van der Waals surface area contributed by atoms with E-state index >= 15 is 0 Å². The monoisotopic (exact) mass is 236 g/mol. The summed E-state index contributed by atoms with van der Waals surface area (Å²) in [6.07, 6.45) is 3.75. The third kappa shape index (κ3) is 2.49. The first-order chi connectivity index (χ1) is 8.24. The summed E-state index contributed by atoms with van der Waals surface area (Å²) in [5.74, 6) is 0.0967. The SMILES string of the molecule is CCN(C(=O)c1ccnn1C)C1CCNCC1. The minimum absolute atomic E-state index is 0.0967. The third-order valence-corrected chi connectivity index (χ3v) is 3.39. The molecule has 1 aromatic heterocycles. The summed E-state index contributed by atoms with van der Waals surface area (Å²) < 4.78 is 1.64. The highest BCUT2D eigenvalue weighted by Gasteiger charge is 2.26. The number of hydrogen-bond donors (Lipinski definition) is 1. The van der Waals surface area contributed by atoms with E-state index in [0.29, 0.717) is 11.7 Å². The summed E-state index contributed by atoms with van der Waals surface area (Å²) in [6.45, 7) is 4.80. The molecule has 94 valence electrons. The smallest absolute Gasteiger partial charge is 0.272 e. The molecule has 0 unspecified atom stereocenters. The predicted molar refractivity (Wildman–Crippen MR) is 65.8 cm³/mol. The lowest BCUT2D eigenvalue weighted by Crippen LogP contribution is -2.46. The maximum absolute atomic E-state index is 12.4. The first-order valence-corrected chi connectivity index (χ1v) is 6.23. The molecule has 1 amide bonds. The molecule has 2 heterocycles. The van der Waals surface area contributed by atoms with Crippen LogP contribution in [0.3, 0.4) is 0 Å². The van der Waals surface area contributed by atoms with Crippen molar-refractivity contribution in [1.29, 1.82) is 0 Å². The Morgan fingerprint density at radius 3 is 2.82 bits per heavy atom. The summed E-state index contributed by atoms with van der Waals surface area (Å²) in [4.78, 5) is 14.4. The number of aromatic nitrogens is 2. The van der Waals surface area contributed by atoms with Crippen molar-refractivity contribution in [3.8, 4) is 0 Å². The summed E-state index contributed by atoms with van der Waals surface area (Å²) in [7, 11) is 1.81. The van der Waals surface area contributed by atoms with Crippen LogP contribution in [0, 0.1) is 0 Å². The Balaban J connectivity index is 2.12. The van der Waals surface area contributed by atoms with Gasteiger partial charge in [0.25, 0.3) is 5.91 Å². The zero-order valence-electron chi connectivity index (χ0n) is 10.5. The van der Waals surface area contributed by atoms with Crippen molar-refractivity contribution in [2.24, 2.45) is 7.05 Å². The average Bonchev–Trinajstić information content (AvgIpc) is 2.77. The average molecular weight is 236 g/mol. The van der Waals surface area contributed by atoms with Gasteiger partial charge in [0, 0.05) is 25.8 Å². The van der Waals surface area contributed by atoms with Crippen molar-refractivity contribution < 1.29 is 4.79 Å². The van der Waals surface area contributed by atoms with Gasteiger partial charge in [0.2, 0.25) is 0 Å². The van der Waals surface area contributed by atoms with Crippen molar-refractivity contribution in [1.82, 2.24) is 20.0 Å². The van der Waals surface area contributed by atoms with Gasteiger partial charge in [0.05, 0.1) is 0 Å². The fraction of sp³-hybridized carbons (Fsp3) is 0.667. The van der Waals surface area contributed by atoms with Crippen LogP contribution >= 0.6 is 0 Å². The number of aryl methyl sites for hydroxylation is 1. The first-order valence-electron chi connectivity index (χ1n) is 6.23. The predicted octanol–water partition coefficient (Wildman–Crippen LogP) is 0.634. The van der Waals surface area contributed by atoms with Crippen LogP contribution in [0.4, 0.5) is 0 Å². The van der Waals surface area contributed by atoms with Gasteiger partial charge in [-0.2, -0.15) is 5.10 Å². The van der Waals surface area contributed by atoms with Crippen LogP contribution in [0.5, 0.6) is 0 Å². The molecule has 1 fully saturated rings. The molecule has 1 saturated heterocycles. The largest absolute Gasteiger partial charge is 0.335 e. The van der Waals surface area contributed by atoms with Gasteiger partial charge in [0.1, 0.15) is 5.69 Å². The maximum Gasteiger partial charge on any atom is 0.272 e. The van der Waals surface area contributed by atoms with Gasteiger partial charge >= 0.3 is 0 Å². The molecule has 0 spiro atoms. The second-order valence-corrected chi connectivity index (χ2v) is 4.41. The van der Waals surface area contributed by atoms with Crippen LogP contribution in [0.2, 0.25) is 0 Å². The zero-order valence-corrected chi connectivity index (χ0v) is 10.5. The number of nitrogens with one attached hydrogen (secondary N) is 1. The molecule has 17 heavy (non-hydrogen) atoms. The Morgan fingerprint density at radius 2 is 2.29 bits per heavy atom. The molecule has 0 radical (unpaired) electrons. The van der Waals surface area contributed by atoms with E-state index in [-0.39, 0.29) is 5.91 Å².